The van der Waals surface area contributed by atoms with E-state index < -0.39 is 29.7 Å². The van der Waals surface area contributed by atoms with Crippen LogP contribution in [-0.4, -0.2) is 17.6 Å². The SMILES string of the molecule is O=C(COc1cc(O)c2c(=O)cc(-c3ccccc3)oc2c1)NCc1cccc(C(F)(F)F)c1. The second kappa shape index (κ2) is 9.30. The molecule has 1 heterocycles. The summed E-state index contributed by atoms with van der Waals surface area (Å²) >= 11 is 0. The van der Waals surface area contributed by atoms with Gasteiger partial charge in [0.1, 0.15) is 28.2 Å². The third-order valence-corrected chi connectivity index (χ3v) is 4.96. The van der Waals surface area contributed by atoms with Gasteiger partial charge in [0.15, 0.2) is 12.0 Å². The van der Waals surface area contributed by atoms with Crippen molar-refractivity contribution in [2.75, 3.05) is 6.61 Å². The van der Waals surface area contributed by atoms with E-state index in [0.29, 0.717) is 11.3 Å². The molecule has 0 atom stereocenters. The molecule has 3 aromatic carbocycles. The van der Waals surface area contributed by atoms with Gasteiger partial charge in [-0.25, -0.2) is 0 Å². The summed E-state index contributed by atoms with van der Waals surface area (Å²) in [5.41, 5.74) is -0.227. The molecular formula is C25H18F3NO5. The Bertz CT molecular complexity index is 1400. The van der Waals surface area contributed by atoms with Crippen molar-refractivity contribution in [2.24, 2.45) is 0 Å². The molecule has 0 aliphatic rings. The van der Waals surface area contributed by atoms with Crippen LogP contribution < -0.4 is 15.5 Å². The number of carbonyl (C=O) groups is 1. The third-order valence-electron chi connectivity index (χ3n) is 4.96. The van der Waals surface area contributed by atoms with Gasteiger partial charge < -0.3 is 19.6 Å². The first-order valence-electron chi connectivity index (χ1n) is 10.1. The van der Waals surface area contributed by atoms with Gasteiger partial charge in [-0.3, -0.25) is 9.59 Å². The molecule has 4 aromatic rings. The fraction of sp³-hybridized carbons (Fsp3) is 0.120. The van der Waals surface area contributed by atoms with Gasteiger partial charge in [0.25, 0.3) is 5.91 Å². The summed E-state index contributed by atoms with van der Waals surface area (Å²) in [5.74, 6) is -0.581. The molecule has 0 saturated carbocycles. The topological polar surface area (TPSA) is 88.8 Å². The van der Waals surface area contributed by atoms with E-state index in [1.807, 2.05) is 6.07 Å². The van der Waals surface area contributed by atoms with E-state index >= 15 is 0 Å². The molecule has 174 valence electrons. The molecule has 0 spiro atoms. The maximum absolute atomic E-state index is 12.8. The minimum atomic E-state index is -4.48. The molecule has 0 saturated heterocycles. The van der Waals surface area contributed by atoms with Crippen LogP contribution in [0.3, 0.4) is 0 Å². The average molecular weight is 469 g/mol. The van der Waals surface area contributed by atoms with Gasteiger partial charge >= 0.3 is 6.18 Å². The highest BCUT2D eigenvalue weighted by atomic mass is 19.4. The van der Waals surface area contributed by atoms with Gasteiger partial charge in [0, 0.05) is 30.3 Å². The lowest BCUT2D eigenvalue weighted by Crippen LogP contribution is -2.28. The number of phenols is 1. The molecule has 1 amide bonds. The Morgan fingerprint density at radius 1 is 1.00 bits per heavy atom. The normalized spacial score (nSPS) is 11.4. The molecule has 2 N–H and O–H groups in total. The van der Waals surface area contributed by atoms with Crippen molar-refractivity contribution < 1.29 is 32.2 Å². The number of hydrogen-bond donors (Lipinski definition) is 2. The number of phenolic OH excluding ortho intramolecular Hbond substituents is 1. The van der Waals surface area contributed by atoms with Crippen LogP contribution in [0.2, 0.25) is 0 Å². The largest absolute Gasteiger partial charge is 0.507 e. The van der Waals surface area contributed by atoms with Crippen LogP contribution in [0.25, 0.3) is 22.3 Å². The van der Waals surface area contributed by atoms with Crippen LogP contribution >= 0.6 is 0 Å². The van der Waals surface area contributed by atoms with Gasteiger partial charge in [-0.1, -0.05) is 42.5 Å². The van der Waals surface area contributed by atoms with Crippen LogP contribution in [0.5, 0.6) is 11.5 Å². The quantitative estimate of drug-likeness (QED) is 0.420. The molecule has 0 bridgehead atoms. The predicted molar refractivity (Wildman–Crippen MR) is 118 cm³/mol. The number of nitrogens with one attached hydrogen (secondary N) is 1. The van der Waals surface area contributed by atoms with Crippen molar-refractivity contribution in [2.45, 2.75) is 12.7 Å². The van der Waals surface area contributed by atoms with Gasteiger partial charge in [0.05, 0.1) is 5.56 Å². The molecule has 1 aromatic heterocycles. The van der Waals surface area contributed by atoms with Crippen molar-refractivity contribution in [1.29, 1.82) is 0 Å². The summed E-state index contributed by atoms with van der Waals surface area (Å²) in [5, 5.41) is 12.7. The Labute approximate surface area is 191 Å². The second-order valence-corrected chi connectivity index (χ2v) is 7.42. The summed E-state index contributed by atoms with van der Waals surface area (Å²) in [6, 6.07) is 17.4. The number of amides is 1. The zero-order valence-corrected chi connectivity index (χ0v) is 17.6. The molecule has 0 aliphatic heterocycles. The van der Waals surface area contributed by atoms with E-state index in [0.717, 1.165) is 12.1 Å². The number of rotatable bonds is 6. The first kappa shape index (κ1) is 22.9. The molecule has 0 unspecified atom stereocenters. The first-order valence-corrected chi connectivity index (χ1v) is 10.1. The number of ether oxygens (including phenoxy) is 1. The Hall–Kier alpha value is -4.27. The predicted octanol–water partition coefficient (Wildman–Crippen LogP) is 4.88. The Morgan fingerprint density at radius 3 is 2.50 bits per heavy atom. The molecule has 6 nitrogen and oxygen atoms in total. The van der Waals surface area contributed by atoms with E-state index in [9.17, 15) is 27.9 Å². The number of aromatic hydroxyl groups is 1. The molecule has 0 fully saturated rings. The zero-order chi connectivity index (χ0) is 24.3. The fourth-order valence-electron chi connectivity index (χ4n) is 3.33. The Balaban J connectivity index is 1.46. The smallest absolute Gasteiger partial charge is 0.416 e. The highest BCUT2D eigenvalue weighted by Gasteiger charge is 2.30. The van der Waals surface area contributed by atoms with Crippen LogP contribution in [0.1, 0.15) is 11.1 Å². The van der Waals surface area contributed by atoms with Gasteiger partial charge in [-0.15, -0.1) is 0 Å². The molecule has 0 aliphatic carbocycles. The van der Waals surface area contributed by atoms with E-state index in [1.54, 1.807) is 24.3 Å². The van der Waals surface area contributed by atoms with Crippen molar-refractivity contribution >= 4 is 16.9 Å². The minimum absolute atomic E-state index is 0.0268. The Kier molecular flexibility index (Phi) is 6.27. The lowest BCUT2D eigenvalue weighted by atomic mass is 10.1. The molecule has 9 heteroatoms. The van der Waals surface area contributed by atoms with Crippen molar-refractivity contribution in [1.82, 2.24) is 5.32 Å². The first-order chi connectivity index (χ1) is 16.2. The lowest BCUT2D eigenvalue weighted by Gasteiger charge is -2.11. The number of alkyl halides is 3. The number of benzene rings is 3. The van der Waals surface area contributed by atoms with E-state index in [4.69, 9.17) is 9.15 Å². The van der Waals surface area contributed by atoms with Crippen LogP contribution in [0, 0.1) is 0 Å². The van der Waals surface area contributed by atoms with E-state index in [-0.39, 0.29) is 34.6 Å². The number of halogens is 3. The monoisotopic (exact) mass is 469 g/mol. The summed E-state index contributed by atoms with van der Waals surface area (Å²) in [6.45, 7) is -0.586. The number of fused-ring (bicyclic) bond motifs is 1. The van der Waals surface area contributed by atoms with Crippen molar-refractivity contribution in [3.8, 4) is 22.8 Å². The third kappa shape index (κ3) is 5.20. The maximum atomic E-state index is 12.8. The summed E-state index contributed by atoms with van der Waals surface area (Å²) < 4.78 is 49.6. The summed E-state index contributed by atoms with van der Waals surface area (Å²) in [7, 11) is 0. The zero-order valence-electron chi connectivity index (χ0n) is 17.6. The number of hydrogen-bond acceptors (Lipinski definition) is 5. The highest BCUT2D eigenvalue weighted by Crippen LogP contribution is 2.31. The van der Waals surface area contributed by atoms with Crippen molar-refractivity contribution in [3.05, 3.63) is 94.1 Å². The average Bonchev–Trinajstić information content (AvgIpc) is 2.81. The van der Waals surface area contributed by atoms with Crippen LogP contribution in [0.15, 0.2) is 82.0 Å². The fourth-order valence-corrected chi connectivity index (χ4v) is 3.33. The molecule has 0 radical (unpaired) electrons. The van der Waals surface area contributed by atoms with Crippen LogP contribution in [0.4, 0.5) is 13.2 Å². The van der Waals surface area contributed by atoms with Crippen molar-refractivity contribution in [3.63, 3.8) is 0 Å². The van der Waals surface area contributed by atoms with E-state index in [2.05, 4.69) is 5.32 Å². The number of carbonyl (C=O) groups excluding carboxylic acids is 1. The molecule has 4 rings (SSSR count). The summed E-state index contributed by atoms with van der Waals surface area (Å²) in [6.07, 6.45) is -4.48. The maximum Gasteiger partial charge on any atom is 0.416 e. The lowest BCUT2D eigenvalue weighted by molar-refractivity contribution is -0.137. The van der Waals surface area contributed by atoms with Gasteiger partial charge in [-0.2, -0.15) is 13.2 Å². The molecular weight excluding hydrogens is 451 g/mol. The van der Waals surface area contributed by atoms with Gasteiger partial charge in [-0.05, 0) is 17.7 Å². The highest BCUT2D eigenvalue weighted by molar-refractivity contribution is 5.86. The second-order valence-electron chi connectivity index (χ2n) is 7.42. The summed E-state index contributed by atoms with van der Waals surface area (Å²) in [4.78, 5) is 24.6. The molecule has 34 heavy (non-hydrogen) atoms. The van der Waals surface area contributed by atoms with Crippen LogP contribution in [-0.2, 0) is 17.5 Å². The van der Waals surface area contributed by atoms with E-state index in [1.165, 1.54) is 30.3 Å². The standard InChI is InChI=1S/C25H18F3NO5/c26-25(27,28)17-8-4-5-15(9-17)13-29-23(32)14-33-18-10-19(30)24-20(31)12-21(34-22(24)11-18)16-6-2-1-3-7-16/h1-12,30H,13-14H2,(H,29,32). The Morgan fingerprint density at radius 2 is 1.76 bits per heavy atom. The minimum Gasteiger partial charge on any atom is -0.507 e. The van der Waals surface area contributed by atoms with Gasteiger partial charge in [0.2, 0.25) is 0 Å².